The van der Waals surface area contributed by atoms with Crippen LogP contribution < -0.4 is 4.74 Å². The van der Waals surface area contributed by atoms with Gasteiger partial charge in [-0.3, -0.25) is 9.59 Å². The molecule has 1 aliphatic rings. The second kappa shape index (κ2) is 10.5. The van der Waals surface area contributed by atoms with Gasteiger partial charge in [0.2, 0.25) is 5.91 Å². The summed E-state index contributed by atoms with van der Waals surface area (Å²) in [4.78, 5) is 30.0. The second-order valence-electron chi connectivity index (χ2n) is 8.91. The van der Waals surface area contributed by atoms with Gasteiger partial charge < -0.3 is 19.1 Å². The van der Waals surface area contributed by atoms with Crippen molar-refractivity contribution in [2.75, 3.05) is 20.1 Å². The summed E-state index contributed by atoms with van der Waals surface area (Å²) in [6, 6.07) is 19.6. The Morgan fingerprint density at radius 2 is 1.76 bits per heavy atom. The molecule has 0 saturated carbocycles. The van der Waals surface area contributed by atoms with Crippen molar-refractivity contribution < 1.29 is 18.8 Å². The van der Waals surface area contributed by atoms with Crippen molar-refractivity contribution in [3.8, 4) is 5.75 Å². The summed E-state index contributed by atoms with van der Waals surface area (Å²) in [5.41, 5.74) is 2.17. The van der Waals surface area contributed by atoms with Crippen LogP contribution in [0.4, 0.5) is 0 Å². The zero-order chi connectivity index (χ0) is 24.1. The van der Waals surface area contributed by atoms with Gasteiger partial charge in [-0.15, -0.1) is 0 Å². The molecule has 3 aromatic rings. The molecule has 1 aromatic heterocycles. The van der Waals surface area contributed by atoms with E-state index in [1.54, 1.807) is 23.6 Å². The third-order valence-corrected chi connectivity index (χ3v) is 6.35. The number of piperidine rings is 1. The van der Waals surface area contributed by atoms with Gasteiger partial charge in [-0.25, -0.2) is 0 Å². The number of benzene rings is 2. The summed E-state index contributed by atoms with van der Waals surface area (Å²) in [7, 11) is 1.82. The van der Waals surface area contributed by atoms with E-state index in [0.717, 1.165) is 11.3 Å². The molecule has 0 radical (unpaired) electrons. The summed E-state index contributed by atoms with van der Waals surface area (Å²) in [5.74, 6) is 1.07. The van der Waals surface area contributed by atoms with Crippen LogP contribution in [0.2, 0.25) is 0 Å². The fourth-order valence-corrected chi connectivity index (χ4v) is 4.49. The monoisotopic (exact) mass is 461 g/mol. The highest BCUT2D eigenvalue weighted by atomic mass is 16.5. The van der Waals surface area contributed by atoms with E-state index >= 15 is 0 Å². The lowest BCUT2D eigenvalue weighted by molar-refractivity contribution is -0.133. The van der Waals surface area contributed by atoms with E-state index in [1.165, 1.54) is 0 Å². The van der Waals surface area contributed by atoms with Crippen LogP contribution in [0.15, 0.2) is 65.2 Å². The summed E-state index contributed by atoms with van der Waals surface area (Å²) in [5, 5.41) is 3.93. The number of hydrogen-bond donors (Lipinski definition) is 0. The molecule has 2 aromatic carbocycles. The molecule has 2 amide bonds. The first-order valence-corrected chi connectivity index (χ1v) is 11.6. The molecule has 1 aliphatic heterocycles. The van der Waals surface area contributed by atoms with Gasteiger partial charge in [0.25, 0.3) is 5.91 Å². The number of amides is 2. The summed E-state index contributed by atoms with van der Waals surface area (Å²) in [6.45, 7) is 5.04. The zero-order valence-corrected chi connectivity index (χ0v) is 19.9. The van der Waals surface area contributed by atoms with Crippen LogP contribution in [0.5, 0.6) is 5.75 Å². The summed E-state index contributed by atoms with van der Waals surface area (Å²) >= 11 is 0. The van der Waals surface area contributed by atoms with E-state index in [9.17, 15) is 9.59 Å². The number of ether oxygens (including phenoxy) is 1. The number of likely N-dealkylation sites (tertiary alicyclic amines) is 1. The number of nitrogens with zero attached hydrogens (tertiary/aromatic N) is 3. The maximum absolute atomic E-state index is 13.3. The molecule has 7 nitrogen and oxygen atoms in total. The first-order chi connectivity index (χ1) is 16.4. The van der Waals surface area contributed by atoms with Crippen molar-refractivity contribution in [1.29, 1.82) is 0 Å². The van der Waals surface area contributed by atoms with E-state index in [4.69, 9.17) is 9.26 Å². The second-order valence-corrected chi connectivity index (χ2v) is 8.91. The van der Waals surface area contributed by atoms with Crippen molar-refractivity contribution in [2.45, 2.75) is 39.3 Å². The predicted molar refractivity (Wildman–Crippen MR) is 128 cm³/mol. The highest BCUT2D eigenvalue weighted by molar-refractivity contribution is 5.96. The van der Waals surface area contributed by atoms with Gasteiger partial charge in [-0.05, 0) is 31.5 Å². The molecule has 0 bridgehead atoms. The molecule has 2 atom stereocenters. The lowest BCUT2D eigenvalue weighted by atomic mass is 9.90. The van der Waals surface area contributed by atoms with E-state index in [0.29, 0.717) is 49.5 Å². The SMILES string of the molecule is Cc1noc(C)c1C(=O)N1CC[C@H](Oc2ccccc2)[C@@H](CC(=O)N(C)Cc2ccccc2)C1. The number of aromatic nitrogens is 1. The third-order valence-electron chi connectivity index (χ3n) is 6.35. The molecule has 7 heteroatoms. The molecule has 4 rings (SSSR count). The highest BCUT2D eigenvalue weighted by Gasteiger charge is 2.36. The molecule has 0 spiro atoms. The minimum absolute atomic E-state index is 0.0298. The van der Waals surface area contributed by atoms with E-state index < -0.39 is 0 Å². The van der Waals surface area contributed by atoms with Gasteiger partial charge in [-0.2, -0.15) is 0 Å². The number of carbonyl (C=O) groups excluding carboxylic acids is 2. The number of hydrogen-bond acceptors (Lipinski definition) is 5. The first kappa shape index (κ1) is 23.5. The van der Waals surface area contributed by atoms with Crippen LogP contribution in [0.1, 0.15) is 40.2 Å². The molecule has 0 N–H and O–H groups in total. The van der Waals surface area contributed by atoms with Crippen LogP contribution in [0.25, 0.3) is 0 Å². The third kappa shape index (κ3) is 5.47. The maximum Gasteiger partial charge on any atom is 0.259 e. The average Bonchev–Trinajstić information content (AvgIpc) is 3.18. The van der Waals surface area contributed by atoms with Crippen molar-refractivity contribution in [2.24, 2.45) is 5.92 Å². The molecule has 1 saturated heterocycles. The lowest BCUT2D eigenvalue weighted by Gasteiger charge is -2.38. The lowest BCUT2D eigenvalue weighted by Crippen LogP contribution is -2.49. The Kier molecular flexibility index (Phi) is 7.30. The van der Waals surface area contributed by atoms with Gasteiger partial charge in [0.05, 0.1) is 5.69 Å². The Bertz CT molecular complexity index is 1090. The van der Waals surface area contributed by atoms with Gasteiger partial charge >= 0.3 is 0 Å². The van der Waals surface area contributed by atoms with Crippen molar-refractivity contribution in [3.05, 3.63) is 83.2 Å². The Morgan fingerprint density at radius 3 is 2.41 bits per heavy atom. The fourth-order valence-electron chi connectivity index (χ4n) is 4.49. The number of carbonyl (C=O) groups is 2. The van der Waals surface area contributed by atoms with Gasteiger partial charge in [-0.1, -0.05) is 53.7 Å². The smallest absolute Gasteiger partial charge is 0.259 e. The summed E-state index contributed by atoms with van der Waals surface area (Å²) < 4.78 is 11.5. The average molecular weight is 462 g/mol. The topological polar surface area (TPSA) is 75.9 Å². The minimum atomic E-state index is -0.162. The quantitative estimate of drug-likeness (QED) is 0.526. The predicted octanol–water partition coefficient (Wildman–Crippen LogP) is 4.25. The molecular weight excluding hydrogens is 430 g/mol. The van der Waals surface area contributed by atoms with Crippen LogP contribution >= 0.6 is 0 Å². The largest absolute Gasteiger partial charge is 0.490 e. The van der Waals surface area contributed by atoms with Gasteiger partial charge in [0, 0.05) is 45.4 Å². The minimum Gasteiger partial charge on any atom is -0.490 e. The Morgan fingerprint density at radius 1 is 1.09 bits per heavy atom. The molecule has 0 aliphatic carbocycles. The highest BCUT2D eigenvalue weighted by Crippen LogP contribution is 2.28. The number of rotatable bonds is 7. The normalized spacial score (nSPS) is 17.9. The van der Waals surface area contributed by atoms with Crippen molar-refractivity contribution in [1.82, 2.24) is 15.0 Å². The number of aryl methyl sites for hydroxylation is 2. The van der Waals surface area contributed by atoms with Crippen LogP contribution in [0.3, 0.4) is 0 Å². The summed E-state index contributed by atoms with van der Waals surface area (Å²) in [6.07, 6.45) is 0.779. The molecule has 2 heterocycles. The van der Waals surface area contributed by atoms with Crippen LogP contribution in [-0.4, -0.2) is 53.0 Å². The van der Waals surface area contributed by atoms with Crippen molar-refractivity contribution in [3.63, 3.8) is 0 Å². The van der Waals surface area contributed by atoms with E-state index in [1.807, 2.05) is 67.7 Å². The van der Waals surface area contributed by atoms with Gasteiger partial charge in [0.1, 0.15) is 23.2 Å². The first-order valence-electron chi connectivity index (χ1n) is 11.6. The molecule has 178 valence electrons. The van der Waals surface area contributed by atoms with Crippen LogP contribution in [-0.2, 0) is 11.3 Å². The van der Waals surface area contributed by atoms with E-state index in [2.05, 4.69) is 5.16 Å². The fraction of sp³-hybridized carbons (Fsp3) is 0.370. The standard InChI is InChI=1S/C27H31N3O4/c1-19-26(20(2)34-28-19)27(32)30-15-14-24(33-23-12-8-5-9-13-23)22(18-30)16-25(31)29(3)17-21-10-6-4-7-11-21/h4-13,22,24H,14-18H2,1-3H3/t22-,24-/m0/s1. The van der Waals surface area contributed by atoms with Gasteiger partial charge in [0.15, 0.2) is 0 Å². The molecule has 0 unspecified atom stereocenters. The van der Waals surface area contributed by atoms with Crippen LogP contribution in [0, 0.1) is 19.8 Å². The van der Waals surface area contributed by atoms with E-state index in [-0.39, 0.29) is 23.8 Å². The Balaban J connectivity index is 1.49. The maximum atomic E-state index is 13.3. The zero-order valence-electron chi connectivity index (χ0n) is 19.9. The molecular formula is C27H31N3O4. The van der Waals surface area contributed by atoms with Crippen molar-refractivity contribution >= 4 is 11.8 Å². The molecule has 1 fully saturated rings. The molecule has 34 heavy (non-hydrogen) atoms. The Labute approximate surface area is 200 Å². The number of para-hydroxylation sites is 1. The Hall–Kier alpha value is -3.61.